The molecule has 0 amide bonds. The predicted octanol–water partition coefficient (Wildman–Crippen LogP) is 10.8. The number of furan rings is 1. The van der Waals surface area contributed by atoms with E-state index >= 15 is 0 Å². The molecule has 0 N–H and O–H groups in total. The van der Waals surface area contributed by atoms with E-state index in [0.29, 0.717) is 0 Å². The van der Waals surface area contributed by atoms with Crippen LogP contribution in [0.25, 0.3) is 61.6 Å². The Morgan fingerprint density at radius 2 is 1.36 bits per heavy atom. The molecule has 0 fully saturated rings. The van der Waals surface area contributed by atoms with E-state index in [1.807, 2.05) is 0 Å². The van der Waals surface area contributed by atoms with Crippen LogP contribution in [0, 0.1) is 0 Å². The van der Waals surface area contributed by atoms with Gasteiger partial charge < -0.3 is 4.42 Å². The minimum atomic E-state index is -0.366. The molecule has 0 bridgehead atoms. The highest BCUT2D eigenvalue weighted by atomic mass is 16.3. The summed E-state index contributed by atoms with van der Waals surface area (Å²) in [6, 6.07) is 40.2. The van der Waals surface area contributed by atoms with E-state index < -0.39 is 0 Å². The summed E-state index contributed by atoms with van der Waals surface area (Å²) in [4.78, 5) is 5.23. The number of hydrogen-bond acceptors (Lipinski definition) is 2. The molecule has 0 aliphatic heterocycles. The van der Waals surface area contributed by atoms with E-state index in [1.165, 1.54) is 72.2 Å². The first-order valence-electron chi connectivity index (χ1n) is 16.7. The van der Waals surface area contributed by atoms with E-state index in [1.54, 1.807) is 0 Å². The number of aromatic nitrogens is 2. The number of para-hydroxylation sites is 2. The van der Waals surface area contributed by atoms with Crippen LogP contribution < -0.4 is 0 Å². The van der Waals surface area contributed by atoms with Crippen LogP contribution in [0.1, 0.15) is 58.7 Å². The van der Waals surface area contributed by atoms with Crippen molar-refractivity contribution in [2.75, 3.05) is 0 Å². The van der Waals surface area contributed by atoms with Gasteiger partial charge in [0.1, 0.15) is 17.2 Å². The van der Waals surface area contributed by atoms with Crippen molar-refractivity contribution in [3.05, 3.63) is 167 Å². The highest BCUT2D eigenvalue weighted by molar-refractivity contribution is 6.07. The lowest BCUT2D eigenvalue weighted by molar-refractivity contribution is 0.548. The monoisotopic (exact) mass is 602 g/mol. The summed E-state index contributed by atoms with van der Waals surface area (Å²) in [5.41, 5.74) is 17.1. The first kappa shape index (κ1) is 25.5. The maximum absolute atomic E-state index is 6.97. The largest absolute Gasteiger partial charge is 0.460 e. The Balaban J connectivity index is 1.16. The minimum absolute atomic E-state index is 0.366. The minimum Gasteiger partial charge on any atom is -0.460 e. The second-order valence-corrected chi connectivity index (χ2v) is 13.2. The van der Waals surface area contributed by atoms with Crippen LogP contribution in [-0.4, -0.2) is 9.55 Å². The zero-order chi connectivity index (χ0) is 30.7. The molecule has 0 unspecified atom stereocenters. The van der Waals surface area contributed by atoms with Crippen molar-refractivity contribution < 1.29 is 4.42 Å². The molecule has 0 saturated heterocycles. The van der Waals surface area contributed by atoms with Gasteiger partial charge in [-0.15, -0.1) is 0 Å². The highest BCUT2D eigenvalue weighted by Gasteiger charge is 2.52. The highest BCUT2D eigenvalue weighted by Crippen LogP contribution is 2.64. The number of hydrogen-bond donors (Lipinski definition) is 0. The predicted molar refractivity (Wildman–Crippen MR) is 191 cm³/mol. The number of allylic oxidation sites excluding steroid dienone is 5. The van der Waals surface area contributed by atoms with Gasteiger partial charge in [-0.2, -0.15) is 0 Å². The molecule has 3 heteroatoms. The van der Waals surface area contributed by atoms with E-state index in [0.717, 1.165) is 48.4 Å². The molecule has 2 aromatic heterocycles. The molecule has 5 aromatic carbocycles. The van der Waals surface area contributed by atoms with Crippen molar-refractivity contribution >= 4 is 39.3 Å². The van der Waals surface area contributed by atoms with Crippen LogP contribution in [0.15, 0.2) is 132 Å². The second kappa shape index (κ2) is 9.20. The molecular formula is C44H30N2O. The Bertz CT molecular complexity index is 2540. The molecular weight excluding hydrogens is 572 g/mol. The lowest BCUT2D eigenvalue weighted by Crippen LogP contribution is -2.25. The SMILES string of the molecule is C1=CCCC(n2c(C3=Cc4c(oc5c6c(ccc45)C4(c5ccccc5-c5ccccc54)c4ccccc4-6)CC3)nc3ccccc32)=C1. The molecule has 47 heavy (non-hydrogen) atoms. The quantitative estimate of drug-likeness (QED) is 0.197. The van der Waals surface area contributed by atoms with Gasteiger partial charge in [0.15, 0.2) is 0 Å². The third-order valence-electron chi connectivity index (χ3n) is 11.0. The second-order valence-electron chi connectivity index (χ2n) is 13.2. The summed E-state index contributed by atoms with van der Waals surface area (Å²) < 4.78 is 9.36. The lowest BCUT2D eigenvalue weighted by atomic mass is 9.70. The molecule has 3 nitrogen and oxygen atoms in total. The Labute approximate surface area is 272 Å². The van der Waals surface area contributed by atoms with Gasteiger partial charge in [-0.05, 0) is 88.1 Å². The summed E-state index contributed by atoms with van der Waals surface area (Å²) in [6.07, 6.45) is 12.8. The Hall–Kier alpha value is -5.67. The maximum Gasteiger partial charge on any atom is 0.143 e. The fourth-order valence-corrected chi connectivity index (χ4v) is 9.12. The fraction of sp³-hybridized carbons (Fsp3) is 0.114. The number of aryl methyl sites for hydroxylation is 1. The smallest absolute Gasteiger partial charge is 0.143 e. The number of imidazole rings is 1. The average molecular weight is 603 g/mol. The number of benzene rings is 5. The summed E-state index contributed by atoms with van der Waals surface area (Å²) in [7, 11) is 0. The van der Waals surface area contributed by atoms with Crippen molar-refractivity contribution in [2.45, 2.75) is 31.1 Å². The van der Waals surface area contributed by atoms with E-state index in [4.69, 9.17) is 9.40 Å². The first-order chi connectivity index (χ1) is 23.3. The normalized spacial score (nSPS) is 16.5. The van der Waals surface area contributed by atoms with Crippen LogP contribution in [-0.2, 0) is 11.8 Å². The van der Waals surface area contributed by atoms with Crippen molar-refractivity contribution in [1.82, 2.24) is 9.55 Å². The van der Waals surface area contributed by atoms with Gasteiger partial charge in [0.25, 0.3) is 0 Å². The van der Waals surface area contributed by atoms with Crippen molar-refractivity contribution in [3.8, 4) is 22.3 Å². The molecule has 4 aliphatic carbocycles. The molecule has 2 heterocycles. The molecule has 7 aromatic rings. The molecule has 0 radical (unpaired) electrons. The number of rotatable bonds is 2. The molecule has 4 aliphatic rings. The van der Waals surface area contributed by atoms with Gasteiger partial charge in [0.05, 0.1) is 16.4 Å². The maximum atomic E-state index is 6.97. The number of fused-ring (bicyclic) bond motifs is 15. The molecule has 222 valence electrons. The van der Waals surface area contributed by atoms with Crippen molar-refractivity contribution in [3.63, 3.8) is 0 Å². The van der Waals surface area contributed by atoms with Gasteiger partial charge in [-0.3, -0.25) is 4.57 Å². The Kier molecular flexibility index (Phi) is 5.00. The molecule has 11 rings (SSSR count). The van der Waals surface area contributed by atoms with Crippen LogP contribution in [0.2, 0.25) is 0 Å². The summed E-state index contributed by atoms with van der Waals surface area (Å²) in [5, 5.41) is 1.19. The third kappa shape index (κ3) is 3.19. The first-order valence-corrected chi connectivity index (χ1v) is 16.7. The van der Waals surface area contributed by atoms with Crippen LogP contribution in [0.4, 0.5) is 0 Å². The van der Waals surface area contributed by atoms with Gasteiger partial charge in [0, 0.05) is 28.6 Å². The molecule has 0 atom stereocenters. The van der Waals surface area contributed by atoms with Crippen molar-refractivity contribution in [2.24, 2.45) is 0 Å². The fourth-order valence-electron chi connectivity index (χ4n) is 9.12. The topological polar surface area (TPSA) is 31.0 Å². The van der Waals surface area contributed by atoms with Crippen molar-refractivity contribution in [1.29, 1.82) is 0 Å². The zero-order valence-electron chi connectivity index (χ0n) is 25.8. The number of nitrogens with zero attached hydrogens (tertiary/aromatic N) is 2. The summed E-state index contributed by atoms with van der Waals surface area (Å²) >= 11 is 0. The van der Waals surface area contributed by atoms with E-state index in [9.17, 15) is 0 Å². The molecule has 0 saturated carbocycles. The van der Waals surface area contributed by atoms with Gasteiger partial charge >= 0.3 is 0 Å². The Morgan fingerprint density at radius 1 is 0.660 bits per heavy atom. The van der Waals surface area contributed by atoms with E-state index in [-0.39, 0.29) is 5.41 Å². The van der Waals surface area contributed by atoms with Gasteiger partial charge in [-0.25, -0.2) is 4.98 Å². The van der Waals surface area contributed by atoms with Crippen LogP contribution in [0.3, 0.4) is 0 Å². The average Bonchev–Trinajstić information content (AvgIpc) is 3.87. The standard InChI is InChI=1S/C44H30N2O/c1-2-12-28(13-3-1)46-39-21-11-10-20-38(39)45-43(46)27-22-25-40-33(26-27)31-23-24-37-41(42(31)47-40)32-16-6-9-19-36(32)44(37)34-17-7-4-14-29(34)30-15-5-8-18-35(30)44/h1-2,4-12,14-21,23-24,26H,3,13,22,25H2. The van der Waals surface area contributed by atoms with Crippen LogP contribution >= 0.6 is 0 Å². The van der Waals surface area contributed by atoms with E-state index in [2.05, 4.69) is 138 Å². The zero-order valence-corrected chi connectivity index (χ0v) is 25.8. The lowest BCUT2D eigenvalue weighted by Gasteiger charge is -2.30. The summed E-state index contributed by atoms with van der Waals surface area (Å²) in [5.74, 6) is 2.13. The third-order valence-corrected chi connectivity index (χ3v) is 11.0. The van der Waals surface area contributed by atoms with Gasteiger partial charge in [-0.1, -0.05) is 109 Å². The van der Waals surface area contributed by atoms with Crippen LogP contribution in [0.5, 0.6) is 0 Å². The Morgan fingerprint density at radius 3 is 2.13 bits per heavy atom. The molecule has 1 spiro atoms. The summed E-state index contributed by atoms with van der Waals surface area (Å²) in [6.45, 7) is 0. The van der Waals surface area contributed by atoms with Gasteiger partial charge in [0.2, 0.25) is 0 Å².